The van der Waals surface area contributed by atoms with Gasteiger partial charge in [0.2, 0.25) is 0 Å². The van der Waals surface area contributed by atoms with Crippen LogP contribution in [-0.2, 0) is 4.74 Å². The molecule has 8 heteroatoms. The van der Waals surface area contributed by atoms with Crippen LogP contribution in [0.2, 0.25) is 0 Å². The van der Waals surface area contributed by atoms with Gasteiger partial charge < -0.3 is 4.74 Å². The molecule has 2 fully saturated rings. The summed E-state index contributed by atoms with van der Waals surface area (Å²) in [6, 6.07) is 0. The molecule has 0 amide bonds. The first-order valence-electron chi connectivity index (χ1n) is 8.35. The van der Waals surface area contributed by atoms with Crippen LogP contribution < -0.4 is 0 Å². The van der Waals surface area contributed by atoms with Gasteiger partial charge in [-0.15, -0.1) is 0 Å². The van der Waals surface area contributed by atoms with Gasteiger partial charge in [-0.2, -0.15) is 22.0 Å². The molecule has 1 nitrogen and oxygen atoms in total. The molecular weight excluding hydrogens is 341 g/mol. The van der Waals surface area contributed by atoms with Crippen LogP contribution >= 0.6 is 0 Å². The third-order valence-corrected chi connectivity index (χ3v) is 5.34. The Balaban J connectivity index is 1.85. The number of ether oxygens (including phenoxy) is 1. The molecule has 0 aliphatic heterocycles. The van der Waals surface area contributed by atoms with Crippen molar-refractivity contribution >= 4 is 0 Å². The zero-order chi connectivity index (χ0) is 18.1. The fourth-order valence-electron chi connectivity index (χ4n) is 3.85. The summed E-state index contributed by atoms with van der Waals surface area (Å²) in [5.74, 6) is -5.16. The predicted octanol–water partition coefficient (Wildman–Crippen LogP) is 5.48. The van der Waals surface area contributed by atoms with E-state index in [9.17, 15) is 30.7 Å². The van der Waals surface area contributed by atoms with Crippen molar-refractivity contribution in [3.8, 4) is 0 Å². The minimum Gasteiger partial charge on any atom is -0.369 e. The van der Waals surface area contributed by atoms with E-state index in [1.165, 1.54) is 0 Å². The maximum atomic E-state index is 14.2. The first-order valence-corrected chi connectivity index (χ1v) is 8.35. The van der Waals surface area contributed by atoms with Gasteiger partial charge in [-0.25, -0.2) is 8.78 Å². The van der Waals surface area contributed by atoms with E-state index in [0.717, 1.165) is 6.42 Å². The first-order chi connectivity index (χ1) is 11.0. The van der Waals surface area contributed by atoms with Crippen LogP contribution in [0.15, 0.2) is 0 Å². The number of halogens is 7. The van der Waals surface area contributed by atoms with Crippen LogP contribution in [0.1, 0.15) is 45.4 Å². The van der Waals surface area contributed by atoms with E-state index >= 15 is 0 Å². The van der Waals surface area contributed by atoms with Crippen LogP contribution in [0.25, 0.3) is 0 Å². The van der Waals surface area contributed by atoms with Crippen molar-refractivity contribution < 1.29 is 35.5 Å². The average molecular weight is 364 g/mol. The molecule has 0 aromatic heterocycles. The van der Waals surface area contributed by atoms with E-state index in [-0.39, 0.29) is 24.7 Å². The van der Waals surface area contributed by atoms with Crippen molar-refractivity contribution in [2.75, 3.05) is 6.61 Å². The third kappa shape index (κ3) is 4.55. The van der Waals surface area contributed by atoms with E-state index in [2.05, 4.69) is 4.74 Å². The van der Waals surface area contributed by atoms with E-state index < -0.39 is 37.2 Å². The van der Waals surface area contributed by atoms with E-state index in [1.54, 1.807) is 0 Å². The number of alkyl halides is 7. The van der Waals surface area contributed by atoms with Crippen LogP contribution in [0.5, 0.6) is 0 Å². The van der Waals surface area contributed by atoms with Crippen LogP contribution in [0, 0.1) is 17.8 Å². The second-order valence-corrected chi connectivity index (χ2v) is 7.24. The Hall–Kier alpha value is -0.530. The lowest BCUT2D eigenvalue weighted by atomic mass is 9.69. The molecule has 0 aromatic carbocycles. The lowest BCUT2D eigenvalue weighted by molar-refractivity contribution is -0.302. The van der Waals surface area contributed by atoms with Gasteiger partial charge in [0, 0.05) is 0 Å². The molecule has 0 aromatic rings. The molecule has 0 spiro atoms. The summed E-state index contributed by atoms with van der Waals surface area (Å²) in [7, 11) is 0. The Bertz CT molecular complexity index is 412. The van der Waals surface area contributed by atoms with Gasteiger partial charge in [0.15, 0.2) is 0 Å². The van der Waals surface area contributed by atoms with Gasteiger partial charge >= 0.3 is 12.1 Å². The molecule has 142 valence electrons. The highest BCUT2D eigenvalue weighted by Gasteiger charge is 2.58. The van der Waals surface area contributed by atoms with Crippen LogP contribution in [0.3, 0.4) is 0 Å². The summed E-state index contributed by atoms with van der Waals surface area (Å²) < 4.78 is 94.8. The quantitative estimate of drug-likeness (QED) is 0.600. The largest absolute Gasteiger partial charge is 0.455 e. The molecule has 6 unspecified atom stereocenters. The lowest BCUT2D eigenvalue weighted by Gasteiger charge is -2.40. The Morgan fingerprint density at radius 2 is 1.54 bits per heavy atom. The fourth-order valence-corrected chi connectivity index (χ4v) is 3.85. The van der Waals surface area contributed by atoms with Crippen molar-refractivity contribution in [2.45, 2.75) is 76.0 Å². The van der Waals surface area contributed by atoms with Crippen LogP contribution in [-0.4, -0.2) is 37.2 Å². The zero-order valence-electron chi connectivity index (χ0n) is 13.5. The smallest absolute Gasteiger partial charge is 0.369 e. The fraction of sp³-hybridized carbons (Fsp3) is 1.00. The number of hydrogen-bond acceptors (Lipinski definition) is 1. The molecule has 2 aliphatic rings. The highest BCUT2D eigenvalue weighted by molar-refractivity contribution is 4.90. The van der Waals surface area contributed by atoms with E-state index in [1.807, 2.05) is 6.92 Å². The zero-order valence-corrected chi connectivity index (χ0v) is 13.5. The first kappa shape index (κ1) is 19.8. The molecule has 0 saturated heterocycles. The molecule has 0 bridgehead atoms. The predicted molar refractivity (Wildman–Crippen MR) is 74.4 cm³/mol. The summed E-state index contributed by atoms with van der Waals surface area (Å²) in [4.78, 5) is 0. The standard InChI is InChI=1S/C16H23F7O/c1-9-2-4-11(12(17)6-9)10-3-5-14(13(18)7-10)24-8-15(19,20)16(21,22)23/h9-14H,2-8H2,1H3. The maximum Gasteiger partial charge on any atom is 0.455 e. The van der Waals surface area contributed by atoms with Gasteiger partial charge in [-0.1, -0.05) is 13.3 Å². The van der Waals surface area contributed by atoms with Gasteiger partial charge in [-0.3, -0.25) is 0 Å². The number of rotatable bonds is 4. The molecule has 2 rings (SSSR count). The number of hydrogen-bond donors (Lipinski definition) is 0. The van der Waals surface area contributed by atoms with Crippen molar-refractivity contribution in [1.29, 1.82) is 0 Å². The highest BCUT2D eigenvalue weighted by Crippen LogP contribution is 2.43. The van der Waals surface area contributed by atoms with Gasteiger partial charge in [-0.05, 0) is 49.9 Å². The minimum absolute atomic E-state index is 0.0400. The molecule has 0 N–H and O–H groups in total. The normalized spacial score (nSPS) is 39.0. The van der Waals surface area contributed by atoms with Crippen molar-refractivity contribution in [3.63, 3.8) is 0 Å². The summed E-state index contributed by atoms with van der Waals surface area (Å²) in [6.45, 7) is 0.0886. The lowest BCUT2D eigenvalue weighted by Crippen LogP contribution is -2.45. The summed E-state index contributed by atoms with van der Waals surface area (Å²) >= 11 is 0. The maximum absolute atomic E-state index is 14.2. The SMILES string of the molecule is CC1CCC(C2CCC(OCC(F)(F)C(F)(F)F)C(F)C2)C(F)C1. The summed E-state index contributed by atoms with van der Waals surface area (Å²) in [5.41, 5.74) is 0. The Morgan fingerprint density at radius 3 is 2.08 bits per heavy atom. The van der Waals surface area contributed by atoms with Crippen molar-refractivity contribution in [2.24, 2.45) is 17.8 Å². The molecular formula is C16H23F7O. The highest BCUT2D eigenvalue weighted by atomic mass is 19.4. The second kappa shape index (κ2) is 7.38. The molecule has 2 saturated carbocycles. The van der Waals surface area contributed by atoms with Crippen molar-refractivity contribution in [3.05, 3.63) is 0 Å². The van der Waals surface area contributed by atoms with E-state index in [4.69, 9.17) is 0 Å². The van der Waals surface area contributed by atoms with Gasteiger partial charge in [0.25, 0.3) is 0 Å². The Labute approximate surface area is 136 Å². The van der Waals surface area contributed by atoms with E-state index in [0.29, 0.717) is 25.2 Å². The average Bonchev–Trinajstić information content (AvgIpc) is 2.44. The Morgan fingerprint density at radius 1 is 0.875 bits per heavy atom. The molecule has 0 heterocycles. The molecule has 24 heavy (non-hydrogen) atoms. The molecule has 2 aliphatic carbocycles. The van der Waals surface area contributed by atoms with Crippen LogP contribution in [0.4, 0.5) is 30.7 Å². The molecule has 0 radical (unpaired) electrons. The third-order valence-electron chi connectivity index (χ3n) is 5.34. The Kier molecular flexibility index (Phi) is 6.08. The minimum atomic E-state index is -5.71. The van der Waals surface area contributed by atoms with Gasteiger partial charge in [0.1, 0.15) is 19.0 Å². The van der Waals surface area contributed by atoms with Gasteiger partial charge in [0.05, 0.1) is 6.10 Å². The van der Waals surface area contributed by atoms with Crippen molar-refractivity contribution in [1.82, 2.24) is 0 Å². The monoisotopic (exact) mass is 364 g/mol. The topological polar surface area (TPSA) is 9.23 Å². The summed E-state index contributed by atoms with van der Waals surface area (Å²) in [5, 5.41) is 0. The molecule has 6 atom stereocenters. The summed E-state index contributed by atoms with van der Waals surface area (Å²) in [6.07, 6.45) is -7.27. The second-order valence-electron chi connectivity index (χ2n) is 7.24.